The molecule has 0 fully saturated rings. The summed E-state index contributed by atoms with van der Waals surface area (Å²) in [6, 6.07) is 0. The second-order valence-corrected chi connectivity index (χ2v) is 35.5. The molecule has 111 heavy (non-hydrogen) atoms. The van der Waals surface area contributed by atoms with Crippen LogP contribution in [0.5, 0.6) is 0 Å². The summed E-state index contributed by atoms with van der Waals surface area (Å²) in [4.78, 5) is 97.9. The Morgan fingerprint density at radius 2 is 0.468 bits per heavy atom. The second kappa shape index (κ2) is 83.9. The SMILES string of the molecule is CCCCCCCCCCCCCCCCCC(=O)OC[C@H](COP(=O)(O)OCCNC(=O)CCSCCC(=O)NCCOP(=O)(O)OC[C@@H](COC(=O)CCCCCCCCCCCCCCCCC)OC(=O)CCCCCCCCCCCCCCCCC)OC(=O)CCCCCCCCCCCCCCCCC. The number of unbranched alkanes of at least 4 members (excludes halogenated alkanes) is 56. The van der Waals surface area contributed by atoms with Gasteiger partial charge in [-0.2, -0.15) is 11.8 Å². The average molecular weight is 1640 g/mol. The highest BCUT2D eigenvalue weighted by molar-refractivity contribution is 7.99. The summed E-state index contributed by atoms with van der Waals surface area (Å²) in [6.45, 7) is 6.27. The summed E-state index contributed by atoms with van der Waals surface area (Å²) >= 11 is 1.36. The molecule has 0 aromatic rings. The molecule has 0 bridgehead atoms. The lowest BCUT2D eigenvalue weighted by Crippen LogP contribution is -2.30. The molecular formula is C88H170N2O18P2S. The molecule has 0 aliphatic carbocycles. The van der Waals surface area contributed by atoms with Gasteiger partial charge in [0.2, 0.25) is 11.8 Å². The number of amides is 2. The van der Waals surface area contributed by atoms with Crippen molar-refractivity contribution in [3.05, 3.63) is 0 Å². The highest BCUT2D eigenvalue weighted by Crippen LogP contribution is 2.44. The predicted octanol–water partition coefficient (Wildman–Crippen LogP) is 25.0. The van der Waals surface area contributed by atoms with Crippen LogP contribution in [0.25, 0.3) is 0 Å². The van der Waals surface area contributed by atoms with E-state index < -0.39 is 64.9 Å². The van der Waals surface area contributed by atoms with E-state index in [2.05, 4.69) is 38.3 Å². The van der Waals surface area contributed by atoms with E-state index in [1.54, 1.807) is 0 Å². The lowest BCUT2D eigenvalue weighted by molar-refractivity contribution is -0.161. The van der Waals surface area contributed by atoms with Crippen molar-refractivity contribution in [1.82, 2.24) is 10.6 Å². The number of phosphoric ester groups is 2. The third-order valence-electron chi connectivity index (χ3n) is 20.5. The van der Waals surface area contributed by atoms with E-state index in [-0.39, 0.29) is 89.9 Å². The van der Waals surface area contributed by atoms with Crippen LogP contribution in [-0.2, 0) is 74.9 Å². The molecular weight excluding hydrogens is 1470 g/mol. The fraction of sp³-hybridized carbons (Fsp3) is 0.932. The highest BCUT2D eigenvalue weighted by atomic mass is 32.2. The maximum absolute atomic E-state index is 13.0. The largest absolute Gasteiger partial charge is 0.472 e. The topological polar surface area (TPSA) is 275 Å². The van der Waals surface area contributed by atoms with Gasteiger partial charge < -0.3 is 39.4 Å². The molecule has 0 heterocycles. The van der Waals surface area contributed by atoms with Crippen LogP contribution in [0, 0.1) is 0 Å². The summed E-state index contributed by atoms with van der Waals surface area (Å²) < 4.78 is 68.8. The Balaban J connectivity index is 4.89. The normalized spacial score (nSPS) is 13.2. The van der Waals surface area contributed by atoms with Gasteiger partial charge in [-0.05, 0) is 25.7 Å². The number of ether oxygens (including phenoxy) is 4. The van der Waals surface area contributed by atoms with Crippen molar-refractivity contribution in [3.63, 3.8) is 0 Å². The Morgan fingerprint density at radius 1 is 0.270 bits per heavy atom. The summed E-state index contributed by atoms with van der Waals surface area (Å²) in [5.41, 5.74) is 0. The van der Waals surface area contributed by atoms with Crippen molar-refractivity contribution in [1.29, 1.82) is 0 Å². The minimum Gasteiger partial charge on any atom is -0.462 e. The van der Waals surface area contributed by atoms with Crippen molar-refractivity contribution < 1.29 is 84.7 Å². The Morgan fingerprint density at radius 3 is 0.685 bits per heavy atom. The Labute approximate surface area is 682 Å². The quantitative estimate of drug-likeness (QED) is 0.0191. The summed E-state index contributed by atoms with van der Waals surface area (Å²) in [7, 11) is -9.38. The molecule has 0 rings (SSSR count). The van der Waals surface area contributed by atoms with Gasteiger partial charge in [0, 0.05) is 63.1 Å². The molecule has 4 atom stereocenters. The van der Waals surface area contributed by atoms with Gasteiger partial charge in [-0.25, -0.2) is 9.13 Å². The van der Waals surface area contributed by atoms with Gasteiger partial charge in [0.1, 0.15) is 13.2 Å². The van der Waals surface area contributed by atoms with Crippen molar-refractivity contribution in [2.24, 2.45) is 0 Å². The lowest BCUT2D eigenvalue weighted by atomic mass is 10.0. The van der Waals surface area contributed by atoms with Crippen molar-refractivity contribution >= 4 is 63.1 Å². The maximum atomic E-state index is 13.0. The molecule has 2 amide bonds. The Kier molecular flexibility index (Phi) is 81.9. The molecule has 2 unspecified atom stereocenters. The molecule has 23 heteroatoms. The van der Waals surface area contributed by atoms with Crippen LogP contribution < -0.4 is 10.6 Å². The third-order valence-corrected chi connectivity index (χ3v) is 23.5. The number of carbonyl (C=O) groups is 6. The zero-order valence-corrected chi connectivity index (χ0v) is 74.2. The van der Waals surface area contributed by atoms with Crippen LogP contribution >= 0.6 is 27.4 Å². The first-order valence-corrected chi connectivity index (χ1v) is 50.3. The average Bonchev–Trinajstić information content (AvgIpc) is 0.913. The molecule has 0 spiro atoms. The number of hydrogen-bond acceptors (Lipinski definition) is 17. The molecule has 0 radical (unpaired) electrons. The van der Waals surface area contributed by atoms with E-state index in [1.807, 2.05) is 0 Å². The molecule has 20 nitrogen and oxygen atoms in total. The van der Waals surface area contributed by atoms with Crippen molar-refractivity contribution in [3.8, 4) is 0 Å². The number of carbonyl (C=O) groups excluding carboxylic acids is 6. The molecule has 0 saturated carbocycles. The first kappa shape index (κ1) is 108. The molecule has 656 valence electrons. The van der Waals surface area contributed by atoms with Gasteiger partial charge in [0.25, 0.3) is 0 Å². The smallest absolute Gasteiger partial charge is 0.462 e. The van der Waals surface area contributed by atoms with Crippen LogP contribution in [0.15, 0.2) is 0 Å². The van der Waals surface area contributed by atoms with Gasteiger partial charge in [-0.1, -0.05) is 387 Å². The maximum Gasteiger partial charge on any atom is 0.472 e. The van der Waals surface area contributed by atoms with Crippen molar-refractivity contribution in [2.75, 3.05) is 64.2 Å². The monoisotopic (exact) mass is 1640 g/mol. The zero-order valence-electron chi connectivity index (χ0n) is 71.6. The number of nitrogens with one attached hydrogen (secondary N) is 2. The van der Waals surface area contributed by atoms with Crippen LogP contribution in [0.2, 0.25) is 0 Å². The first-order chi connectivity index (χ1) is 54.1. The number of rotatable bonds is 90. The summed E-state index contributed by atoms with van der Waals surface area (Å²) in [5.74, 6) is -1.88. The van der Waals surface area contributed by atoms with E-state index in [1.165, 1.54) is 294 Å². The van der Waals surface area contributed by atoms with E-state index in [4.69, 9.17) is 37.0 Å². The number of thioether (sulfide) groups is 1. The number of hydrogen-bond donors (Lipinski definition) is 4. The summed E-state index contributed by atoms with van der Waals surface area (Å²) in [5, 5.41) is 5.25. The van der Waals surface area contributed by atoms with Gasteiger partial charge in [-0.15, -0.1) is 0 Å². The molecule has 0 aliphatic rings. The number of phosphoric acid groups is 2. The van der Waals surface area contributed by atoms with E-state index in [0.29, 0.717) is 37.2 Å². The molecule has 0 saturated heterocycles. The van der Waals surface area contributed by atoms with E-state index >= 15 is 0 Å². The van der Waals surface area contributed by atoms with Crippen LogP contribution in [0.3, 0.4) is 0 Å². The van der Waals surface area contributed by atoms with Crippen LogP contribution in [0.4, 0.5) is 0 Å². The Bertz CT molecular complexity index is 2070. The lowest BCUT2D eigenvalue weighted by Gasteiger charge is -2.20. The molecule has 4 N–H and O–H groups in total. The van der Waals surface area contributed by atoms with Crippen LogP contribution in [0.1, 0.15) is 451 Å². The standard InChI is InChI=1S/C88H170N2O18P2S/c1-5-9-13-17-21-25-29-33-37-41-45-49-53-57-61-65-85(93)101-77-81(107-87(95)67-63-59-55-51-47-43-39-35-31-27-23-19-15-11-7-3)79-105-109(97,98)103-73-71-89-83(91)69-75-111-76-70-84(92)90-72-74-104-110(99,100)106-80-82(108-88(96)68-64-60-56-52-48-44-40-36-32-28-24-20-16-12-8-4)78-102-86(94)66-62-58-54-50-46-42-38-34-30-26-22-18-14-10-6-2/h81-82H,5-80H2,1-4H3,(H,89,91)(H,90,92)(H,97,98)(H,99,100)/t81-,82-/m1/s1. The van der Waals surface area contributed by atoms with E-state index in [9.17, 15) is 47.7 Å². The number of esters is 4. The van der Waals surface area contributed by atoms with Crippen molar-refractivity contribution in [2.45, 2.75) is 464 Å². The highest BCUT2D eigenvalue weighted by Gasteiger charge is 2.28. The van der Waals surface area contributed by atoms with Gasteiger partial charge in [0.15, 0.2) is 12.2 Å². The first-order valence-electron chi connectivity index (χ1n) is 46.1. The predicted molar refractivity (Wildman–Crippen MR) is 456 cm³/mol. The Hall–Kier alpha value is -2.61. The fourth-order valence-corrected chi connectivity index (χ4v) is 15.9. The van der Waals surface area contributed by atoms with E-state index in [0.717, 1.165) is 77.0 Å². The van der Waals surface area contributed by atoms with Gasteiger partial charge in [-0.3, -0.25) is 46.9 Å². The minimum absolute atomic E-state index is 0.0887. The molecule has 0 aromatic carbocycles. The third kappa shape index (κ3) is 83.7. The van der Waals surface area contributed by atoms with Gasteiger partial charge >= 0.3 is 39.5 Å². The molecule has 0 aromatic heterocycles. The fourth-order valence-electron chi connectivity index (χ4n) is 13.5. The second-order valence-electron chi connectivity index (χ2n) is 31.4. The molecule has 0 aliphatic heterocycles. The van der Waals surface area contributed by atoms with Crippen LogP contribution in [-0.4, -0.2) is 122 Å². The minimum atomic E-state index is -4.69. The zero-order chi connectivity index (χ0) is 81.1. The summed E-state index contributed by atoms with van der Waals surface area (Å²) in [6.07, 6.45) is 70.8. The van der Waals surface area contributed by atoms with Gasteiger partial charge in [0.05, 0.1) is 26.4 Å².